The first-order valence-electron chi connectivity index (χ1n) is 12.2. The van der Waals surface area contributed by atoms with Crippen LogP contribution >= 0.6 is 0 Å². The zero-order valence-electron chi connectivity index (χ0n) is 19.5. The molecule has 0 amide bonds. The van der Waals surface area contributed by atoms with E-state index in [-0.39, 0.29) is 17.3 Å². The third-order valence-electron chi connectivity index (χ3n) is 7.53. The normalized spacial score (nSPS) is 24.4. The van der Waals surface area contributed by atoms with Crippen LogP contribution in [0.1, 0.15) is 115 Å². The molecule has 0 bridgehead atoms. The Bertz CT molecular complexity index is 748. The predicted octanol–water partition coefficient (Wildman–Crippen LogP) is 7.11. The quantitative estimate of drug-likeness (QED) is 0.259. The summed E-state index contributed by atoms with van der Waals surface area (Å²) < 4.78 is 5.74. The number of carbonyl (C=O) groups excluding carboxylic acids is 2. The SMILES string of the molecule is CCCCCCC(C)(C)c1ccc(C2CC(=O)CC3CCCCC32)c(OC(C)=O)c1. The van der Waals surface area contributed by atoms with Gasteiger partial charge in [-0.15, -0.1) is 0 Å². The summed E-state index contributed by atoms with van der Waals surface area (Å²) in [5, 5.41) is 0. The molecule has 0 saturated heterocycles. The maximum Gasteiger partial charge on any atom is 0.308 e. The highest BCUT2D eigenvalue weighted by Gasteiger charge is 2.40. The molecule has 0 radical (unpaired) electrons. The van der Waals surface area contributed by atoms with Crippen molar-refractivity contribution in [1.29, 1.82) is 0 Å². The fourth-order valence-corrected chi connectivity index (χ4v) is 5.78. The first-order chi connectivity index (χ1) is 14.3. The van der Waals surface area contributed by atoms with Crippen molar-refractivity contribution in [1.82, 2.24) is 0 Å². The van der Waals surface area contributed by atoms with Gasteiger partial charge in [0.05, 0.1) is 0 Å². The van der Waals surface area contributed by atoms with Crippen LogP contribution in [0.15, 0.2) is 18.2 Å². The van der Waals surface area contributed by atoms with Crippen LogP contribution in [-0.4, -0.2) is 11.8 Å². The molecule has 1 aromatic carbocycles. The van der Waals surface area contributed by atoms with E-state index in [0.29, 0.717) is 29.8 Å². The van der Waals surface area contributed by atoms with Crippen molar-refractivity contribution in [3.8, 4) is 5.75 Å². The van der Waals surface area contributed by atoms with Gasteiger partial charge >= 0.3 is 5.97 Å². The highest BCUT2D eigenvalue weighted by atomic mass is 16.5. The number of ether oxygens (including phenoxy) is 1. The fourth-order valence-electron chi connectivity index (χ4n) is 5.78. The van der Waals surface area contributed by atoms with Gasteiger partial charge in [0.2, 0.25) is 0 Å². The first kappa shape index (κ1) is 23.0. The van der Waals surface area contributed by atoms with Crippen LogP contribution in [-0.2, 0) is 15.0 Å². The summed E-state index contributed by atoms with van der Waals surface area (Å²) in [5.41, 5.74) is 2.33. The average molecular weight is 413 g/mol. The standard InChI is InChI=1S/C27H40O3/c1-5-6-7-10-15-27(3,4)21-13-14-24(26(17-21)30-19(2)28)25-18-22(29)16-20-11-8-9-12-23(20)25/h13-14,17,20,23,25H,5-12,15-16,18H2,1-4H3. The summed E-state index contributed by atoms with van der Waals surface area (Å²) in [4.78, 5) is 24.4. The lowest BCUT2D eigenvalue weighted by Crippen LogP contribution is -2.34. The van der Waals surface area contributed by atoms with E-state index in [0.717, 1.165) is 18.4 Å². The second kappa shape index (κ2) is 10.1. The van der Waals surface area contributed by atoms with E-state index in [1.165, 1.54) is 63.9 Å². The number of rotatable bonds is 8. The van der Waals surface area contributed by atoms with E-state index in [9.17, 15) is 9.59 Å². The number of ketones is 1. The van der Waals surface area contributed by atoms with Crippen LogP contribution in [0.4, 0.5) is 0 Å². The molecule has 30 heavy (non-hydrogen) atoms. The van der Waals surface area contributed by atoms with Gasteiger partial charge in [-0.2, -0.15) is 0 Å². The summed E-state index contributed by atoms with van der Waals surface area (Å²) in [6.07, 6.45) is 12.3. The Morgan fingerprint density at radius 2 is 1.87 bits per heavy atom. The van der Waals surface area contributed by atoms with E-state index in [2.05, 4.69) is 39.0 Å². The molecule has 3 rings (SSSR count). The topological polar surface area (TPSA) is 43.4 Å². The van der Waals surface area contributed by atoms with Gasteiger partial charge in [-0.3, -0.25) is 9.59 Å². The molecule has 3 unspecified atom stereocenters. The first-order valence-corrected chi connectivity index (χ1v) is 12.2. The van der Waals surface area contributed by atoms with Crippen molar-refractivity contribution in [3.05, 3.63) is 29.3 Å². The van der Waals surface area contributed by atoms with Gasteiger partial charge in [0.1, 0.15) is 11.5 Å². The minimum absolute atomic E-state index is 0.0386. The molecule has 166 valence electrons. The molecular formula is C27H40O3. The Morgan fingerprint density at radius 3 is 2.60 bits per heavy atom. The number of benzene rings is 1. The fraction of sp³-hybridized carbons (Fsp3) is 0.704. The van der Waals surface area contributed by atoms with Gasteiger partial charge in [-0.05, 0) is 59.6 Å². The van der Waals surface area contributed by atoms with E-state index in [4.69, 9.17) is 4.74 Å². The molecule has 0 spiro atoms. The van der Waals surface area contributed by atoms with Gasteiger partial charge in [0.25, 0.3) is 0 Å². The van der Waals surface area contributed by atoms with Gasteiger partial charge < -0.3 is 4.74 Å². The Morgan fingerprint density at radius 1 is 1.10 bits per heavy atom. The monoisotopic (exact) mass is 412 g/mol. The molecule has 2 saturated carbocycles. The smallest absolute Gasteiger partial charge is 0.308 e. The lowest BCUT2D eigenvalue weighted by atomic mass is 9.63. The third kappa shape index (κ3) is 5.53. The van der Waals surface area contributed by atoms with Gasteiger partial charge in [-0.25, -0.2) is 0 Å². The second-order valence-corrected chi connectivity index (χ2v) is 10.3. The molecule has 3 atom stereocenters. The zero-order valence-corrected chi connectivity index (χ0v) is 19.5. The molecule has 3 heteroatoms. The number of hydrogen-bond donors (Lipinski definition) is 0. The van der Waals surface area contributed by atoms with Gasteiger partial charge in [-0.1, -0.05) is 71.4 Å². The van der Waals surface area contributed by atoms with Crippen molar-refractivity contribution in [2.24, 2.45) is 11.8 Å². The summed E-state index contributed by atoms with van der Waals surface area (Å²) in [6.45, 7) is 8.28. The van der Waals surface area contributed by atoms with E-state index >= 15 is 0 Å². The Balaban J connectivity index is 1.89. The Hall–Kier alpha value is -1.64. The van der Waals surface area contributed by atoms with E-state index in [1.807, 2.05) is 0 Å². The zero-order chi connectivity index (χ0) is 21.7. The number of hydrogen-bond acceptors (Lipinski definition) is 3. The minimum atomic E-state index is -0.281. The highest BCUT2D eigenvalue weighted by Crippen LogP contribution is 2.49. The van der Waals surface area contributed by atoms with Crippen LogP contribution in [0.2, 0.25) is 0 Å². The maximum absolute atomic E-state index is 12.5. The lowest BCUT2D eigenvalue weighted by molar-refractivity contribution is -0.131. The number of esters is 1. The molecule has 2 aliphatic carbocycles. The number of Topliss-reactive ketones (excluding diaryl/α,β-unsaturated/α-hetero) is 1. The molecule has 0 heterocycles. The molecule has 1 aromatic rings. The molecule has 3 nitrogen and oxygen atoms in total. The summed E-state index contributed by atoms with van der Waals surface area (Å²) in [5.74, 6) is 2.01. The maximum atomic E-state index is 12.5. The highest BCUT2D eigenvalue weighted by molar-refractivity contribution is 5.81. The Kier molecular flexibility index (Phi) is 7.76. The third-order valence-corrected chi connectivity index (χ3v) is 7.53. The van der Waals surface area contributed by atoms with E-state index in [1.54, 1.807) is 0 Å². The number of carbonyl (C=O) groups is 2. The lowest BCUT2D eigenvalue weighted by Gasteiger charge is -2.41. The second-order valence-electron chi connectivity index (χ2n) is 10.3. The molecule has 0 aromatic heterocycles. The largest absolute Gasteiger partial charge is 0.426 e. The molecule has 0 aliphatic heterocycles. The van der Waals surface area contributed by atoms with Crippen LogP contribution in [0.25, 0.3) is 0 Å². The van der Waals surface area contributed by atoms with Crippen molar-refractivity contribution in [2.75, 3.05) is 0 Å². The minimum Gasteiger partial charge on any atom is -0.426 e. The average Bonchev–Trinajstić information content (AvgIpc) is 2.70. The summed E-state index contributed by atoms with van der Waals surface area (Å²) in [6, 6.07) is 6.48. The molecule has 2 fully saturated rings. The van der Waals surface area contributed by atoms with Gasteiger partial charge in [0, 0.05) is 19.8 Å². The summed E-state index contributed by atoms with van der Waals surface area (Å²) >= 11 is 0. The van der Waals surface area contributed by atoms with Crippen molar-refractivity contribution < 1.29 is 14.3 Å². The van der Waals surface area contributed by atoms with Crippen LogP contribution in [0.5, 0.6) is 5.75 Å². The van der Waals surface area contributed by atoms with E-state index < -0.39 is 0 Å². The number of unbranched alkanes of at least 4 members (excludes halogenated alkanes) is 3. The molecule has 0 N–H and O–H groups in total. The summed E-state index contributed by atoms with van der Waals surface area (Å²) in [7, 11) is 0. The molecular weight excluding hydrogens is 372 g/mol. The van der Waals surface area contributed by atoms with Crippen LogP contribution in [0.3, 0.4) is 0 Å². The Labute approximate surface area is 183 Å². The predicted molar refractivity (Wildman–Crippen MR) is 122 cm³/mol. The molecule has 2 aliphatic rings. The van der Waals surface area contributed by atoms with Gasteiger partial charge in [0.15, 0.2) is 0 Å². The number of fused-ring (bicyclic) bond motifs is 1. The van der Waals surface area contributed by atoms with Crippen LogP contribution in [0, 0.1) is 11.8 Å². The van der Waals surface area contributed by atoms with Crippen LogP contribution < -0.4 is 4.74 Å². The van der Waals surface area contributed by atoms with Crippen molar-refractivity contribution >= 4 is 11.8 Å². The van der Waals surface area contributed by atoms with Crippen molar-refractivity contribution in [3.63, 3.8) is 0 Å². The van der Waals surface area contributed by atoms with Crippen molar-refractivity contribution in [2.45, 2.75) is 110 Å².